The number of hydrogen-bond acceptors (Lipinski definition) is 10. The van der Waals surface area contributed by atoms with Crippen molar-refractivity contribution in [3.63, 3.8) is 0 Å². The first-order valence-electron chi connectivity index (χ1n) is 13.3. The van der Waals surface area contributed by atoms with Crippen LogP contribution in [0.15, 0.2) is 68.9 Å². The molecule has 0 saturated carbocycles. The van der Waals surface area contributed by atoms with E-state index in [-0.39, 0.29) is 12.1 Å². The molecule has 6 rings (SSSR count). The maximum atomic E-state index is 13.2. The van der Waals surface area contributed by atoms with Gasteiger partial charge >= 0.3 is 17.7 Å². The molecule has 1 fully saturated rings. The molecule has 44 heavy (non-hydrogen) atoms. The van der Waals surface area contributed by atoms with Crippen molar-refractivity contribution in [2.45, 2.75) is 29.1 Å². The summed E-state index contributed by atoms with van der Waals surface area (Å²) in [6, 6.07) is 12.0. The van der Waals surface area contributed by atoms with E-state index in [4.69, 9.17) is 0 Å². The Balaban J connectivity index is 1.13. The number of hydrogen-bond donors (Lipinski definition) is 3. The Labute approximate surface area is 262 Å². The Bertz CT molecular complexity index is 1930. The van der Waals surface area contributed by atoms with Crippen LogP contribution in [0, 0.1) is 6.92 Å². The van der Waals surface area contributed by atoms with Gasteiger partial charge in [0.15, 0.2) is 4.34 Å². The number of nitrogens with zero attached hydrogens (tertiary/aromatic N) is 5. The van der Waals surface area contributed by atoms with E-state index in [0.717, 1.165) is 9.57 Å². The van der Waals surface area contributed by atoms with E-state index >= 15 is 0 Å². The number of carboxylic acid groups (broad SMARTS) is 1. The molecule has 1 unspecified atom stereocenters. The van der Waals surface area contributed by atoms with E-state index < -0.39 is 40.9 Å². The summed E-state index contributed by atoms with van der Waals surface area (Å²) in [4.78, 5) is 65.6. The van der Waals surface area contributed by atoms with Crippen LogP contribution in [0.5, 0.6) is 0 Å². The van der Waals surface area contributed by atoms with Gasteiger partial charge in [-0.1, -0.05) is 53.4 Å². The first-order valence-corrected chi connectivity index (χ1v) is 16.2. The molecule has 2 aliphatic rings. The third kappa shape index (κ3) is 5.39. The van der Waals surface area contributed by atoms with Gasteiger partial charge in [-0.25, -0.2) is 19.0 Å². The number of carboxylic acids is 1. The number of thioether (sulfide) groups is 2. The lowest BCUT2D eigenvalue weighted by Crippen LogP contribution is -2.70. The fraction of sp³-hybridized carbons (Fsp3) is 0.250. The Morgan fingerprint density at radius 3 is 2.52 bits per heavy atom. The van der Waals surface area contributed by atoms with E-state index in [2.05, 4.69) is 20.8 Å². The molecule has 2 atom stereocenters. The number of anilines is 1. The van der Waals surface area contributed by atoms with Gasteiger partial charge in [-0.3, -0.25) is 19.1 Å². The Hall–Kier alpha value is -4.41. The van der Waals surface area contributed by atoms with Gasteiger partial charge in [0.1, 0.15) is 22.1 Å². The van der Waals surface area contributed by atoms with Crippen LogP contribution in [-0.2, 0) is 27.9 Å². The lowest BCUT2D eigenvalue weighted by atomic mass is 10.0. The van der Waals surface area contributed by atoms with Gasteiger partial charge in [-0.2, -0.15) is 0 Å². The van der Waals surface area contributed by atoms with Gasteiger partial charge in [0.25, 0.3) is 5.91 Å². The summed E-state index contributed by atoms with van der Waals surface area (Å²) in [5, 5.41) is 23.7. The van der Waals surface area contributed by atoms with Crippen molar-refractivity contribution in [3.8, 4) is 0 Å². The molecule has 0 radical (unpaired) electrons. The van der Waals surface area contributed by atoms with Crippen molar-refractivity contribution in [1.29, 1.82) is 0 Å². The first kappa shape index (κ1) is 29.7. The van der Waals surface area contributed by atoms with Gasteiger partial charge in [0.05, 0.1) is 17.5 Å². The summed E-state index contributed by atoms with van der Waals surface area (Å²) in [6.07, 6.45) is -0.160. The van der Waals surface area contributed by atoms with Crippen molar-refractivity contribution < 1.29 is 24.3 Å². The molecule has 2 aromatic carbocycles. The zero-order valence-corrected chi connectivity index (χ0v) is 25.8. The van der Waals surface area contributed by atoms with E-state index in [1.165, 1.54) is 44.3 Å². The van der Waals surface area contributed by atoms with Crippen LogP contribution in [0.3, 0.4) is 0 Å². The van der Waals surface area contributed by atoms with Crippen LogP contribution in [0.25, 0.3) is 11.0 Å². The Kier molecular flexibility index (Phi) is 8.04. The molecule has 226 valence electrons. The predicted molar refractivity (Wildman–Crippen MR) is 167 cm³/mol. The van der Waals surface area contributed by atoms with Crippen LogP contribution in [0.1, 0.15) is 10.6 Å². The number of para-hydroxylation sites is 3. The molecular formula is C28H25N7O6S3. The van der Waals surface area contributed by atoms with Crippen LogP contribution in [-0.4, -0.2) is 76.1 Å². The van der Waals surface area contributed by atoms with E-state index in [9.17, 15) is 29.1 Å². The second-order valence-corrected chi connectivity index (χ2v) is 13.5. The number of aliphatic carboxylic acids is 1. The molecule has 4 aromatic rings. The first-order chi connectivity index (χ1) is 21.1. The van der Waals surface area contributed by atoms with Gasteiger partial charge in [-0.15, -0.1) is 22.0 Å². The van der Waals surface area contributed by atoms with Crippen molar-refractivity contribution in [1.82, 2.24) is 29.5 Å². The highest BCUT2D eigenvalue weighted by atomic mass is 32.2. The molecule has 1 saturated heterocycles. The number of fused-ring (bicyclic) bond motifs is 2. The minimum Gasteiger partial charge on any atom is -0.477 e. The Morgan fingerprint density at radius 1 is 1.07 bits per heavy atom. The molecule has 16 heteroatoms. The standard InChI is InChI=1S/C28H25N7O6S3/c1-14-31-32-27(44-14)43-13-16-12-42-24-21(23(37)35(24)22(16)25(38)39)30-20(36)11-15-7-3-4-8-17(15)29-26(40)34-19-10-6-5-9-18(19)33(2)28(34)41/h3-10,21,24H,11-13H2,1-2H3,(H,29,40)(H,30,36)(H,38,39)/t21?,24-/m1/s1. The van der Waals surface area contributed by atoms with Crippen molar-refractivity contribution in [3.05, 3.63) is 80.9 Å². The summed E-state index contributed by atoms with van der Waals surface area (Å²) < 4.78 is 3.12. The number of carbonyl (C=O) groups is 4. The number of rotatable bonds is 8. The lowest BCUT2D eigenvalue weighted by Gasteiger charge is -2.49. The number of aromatic nitrogens is 4. The maximum absolute atomic E-state index is 13.2. The van der Waals surface area contributed by atoms with E-state index in [0.29, 0.717) is 43.7 Å². The maximum Gasteiger partial charge on any atom is 0.352 e. The number of carbonyl (C=O) groups excluding carboxylic acids is 3. The second kappa shape index (κ2) is 11.9. The molecule has 2 aromatic heterocycles. The summed E-state index contributed by atoms with van der Waals surface area (Å²) in [5.74, 6) is -1.44. The minimum atomic E-state index is -1.20. The fourth-order valence-corrected chi connectivity index (χ4v) is 8.43. The van der Waals surface area contributed by atoms with Gasteiger partial charge in [-0.05, 0) is 36.3 Å². The number of β-lactam (4-membered cyclic amide) rings is 1. The van der Waals surface area contributed by atoms with Crippen molar-refractivity contribution in [2.75, 3.05) is 16.8 Å². The quantitative estimate of drug-likeness (QED) is 0.190. The third-order valence-corrected chi connectivity index (χ3v) is 10.6. The molecular weight excluding hydrogens is 627 g/mol. The number of amides is 3. The molecule has 0 aliphatic carbocycles. The SMILES string of the molecule is Cc1nnc(SCC2=C(C(=O)O)N3C(=O)C(NC(=O)Cc4ccccc4NC(=O)n4c(=O)n(C)c5ccccc54)[C@H]3SC2)s1. The molecule has 3 N–H and O–H groups in total. The summed E-state index contributed by atoms with van der Waals surface area (Å²) in [5.41, 5.74) is 1.88. The average Bonchev–Trinajstić information content (AvgIpc) is 3.54. The monoisotopic (exact) mass is 651 g/mol. The predicted octanol–water partition coefficient (Wildman–Crippen LogP) is 2.65. The largest absolute Gasteiger partial charge is 0.477 e. The molecule has 0 bridgehead atoms. The zero-order chi connectivity index (χ0) is 31.1. The molecule has 0 spiro atoms. The lowest BCUT2D eigenvalue weighted by molar-refractivity contribution is -0.150. The Morgan fingerprint density at radius 2 is 1.80 bits per heavy atom. The van der Waals surface area contributed by atoms with Crippen LogP contribution < -0.4 is 16.3 Å². The average molecular weight is 652 g/mol. The molecule has 4 heterocycles. The van der Waals surface area contributed by atoms with Crippen molar-refractivity contribution in [2.24, 2.45) is 7.05 Å². The normalized spacial score (nSPS) is 17.8. The molecule has 13 nitrogen and oxygen atoms in total. The highest BCUT2D eigenvalue weighted by Crippen LogP contribution is 2.41. The number of aryl methyl sites for hydroxylation is 2. The molecule has 3 amide bonds. The van der Waals surface area contributed by atoms with E-state index in [1.54, 1.807) is 55.6 Å². The van der Waals surface area contributed by atoms with Gasteiger partial charge < -0.3 is 15.7 Å². The van der Waals surface area contributed by atoms with Crippen LogP contribution in [0.2, 0.25) is 0 Å². The smallest absolute Gasteiger partial charge is 0.352 e. The van der Waals surface area contributed by atoms with Gasteiger partial charge in [0, 0.05) is 24.2 Å². The van der Waals surface area contributed by atoms with Crippen LogP contribution >= 0.6 is 34.9 Å². The van der Waals surface area contributed by atoms with Crippen molar-refractivity contribution >= 4 is 75.4 Å². The highest BCUT2D eigenvalue weighted by molar-refractivity contribution is 8.01. The number of benzene rings is 2. The molecule has 2 aliphatic heterocycles. The zero-order valence-electron chi connectivity index (χ0n) is 23.3. The summed E-state index contributed by atoms with van der Waals surface area (Å²) >= 11 is 4.17. The fourth-order valence-electron chi connectivity index (χ4n) is 5.13. The number of nitrogens with one attached hydrogen (secondary N) is 2. The topological polar surface area (TPSA) is 169 Å². The third-order valence-electron chi connectivity index (χ3n) is 7.22. The highest BCUT2D eigenvalue weighted by Gasteiger charge is 2.54. The summed E-state index contributed by atoms with van der Waals surface area (Å²) in [7, 11) is 1.58. The second-order valence-electron chi connectivity index (χ2n) is 10.0. The summed E-state index contributed by atoms with van der Waals surface area (Å²) in [6.45, 7) is 1.83. The van der Waals surface area contributed by atoms with E-state index in [1.807, 2.05) is 6.92 Å². The number of imidazole rings is 1. The van der Waals surface area contributed by atoms with Crippen LogP contribution in [0.4, 0.5) is 10.5 Å². The van der Waals surface area contributed by atoms with Gasteiger partial charge in [0.2, 0.25) is 5.91 Å². The minimum absolute atomic E-state index is 0.0604.